The van der Waals surface area contributed by atoms with E-state index in [1.807, 2.05) is 0 Å². The van der Waals surface area contributed by atoms with Gasteiger partial charge in [0.25, 0.3) is 0 Å². The van der Waals surface area contributed by atoms with Gasteiger partial charge in [-0.25, -0.2) is 0 Å². The lowest BCUT2D eigenvalue weighted by molar-refractivity contribution is -0.361. The first-order valence-electron chi connectivity index (χ1n) is 25.6. The van der Waals surface area contributed by atoms with Gasteiger partial charge in [-0.05, 0) is 12.8 Å². The zero-order chi connectivity index (χ0) is 56.1. The summed E-state index contributed by atoms with van der Waals surface area (Å²) in [6.45, 7) is -4.67. The van der Waals surface area contributed by atoms with E-state index in [1.54, 1.807) is 0 Å². The number of unbranched alkanes of at least 4 members (excludes halogenated alkanes) is 5. The second-order valence-electron chi connectivity index (χ2n) is 20.7. The first kappa shape index (κ1) is 63.9. The van der Waals surface area contributed by atoms with Gasteiger partial charge in [-0.2, -0.15) is 0 Å². The van der Waals surface area contributed by atoms with Crippen LogP contribution in [0.15, 0.2) is 0 Å². The van der Waals surface area contributed by atoms with E-state index in [9.17, 15) is 81.7 Å². The van der Waals surface area contributed by atoms with E-state index in [4.69, 9.17) is 81.8 Å². The minimum absolute atomic E-state index is 0.0301. The summed E-state index contributed by atoms with van der Waals surface area (Å²) in [6, 6.07) is -8.53. The molecule has 32 nitrogen and oxygen atoms in total. The molecule has 0 saturated carbocycles. The van der Waals surface area contributed by atoms with Crippen molar-refractivity contribution in [3.63, 3.8) is 0 Å². The standard InChI is InChI=1S/C44H84N6O26/c45-19-25(57)31(15(9-51)67-37(19)65)71-39-21(47)27(59)33(17(11-53)69-39)73-41-23(49)29(61)35(63)43(13-55,75-41)7-5-3-1-2-4-6-8-44(14-56)36(64)30(62)24(50)42(76-44)74-34-18(12-54)70-40(22(48)28(34)60)72-32-16(10-52)68-38(66)20(46)26(32)58/h15-42,51-66H,1-14,45-50H2/t15-,16-,17-,18-,19-,20-,21-,22-,23-,24-,25-,26-,27-,28-,29-,30-,31?,32?,33?,34?,35+,36+,37-,38-,39+,40+,41+,42+,43-,44-/m1/s1. The van der Waals surface area contributed by atoms with Crippen molar-refractivity contribution >= 4 is 0 Å². The van der Waals surface area contributed by atoms with Crippen molar-refractivity contribution in [3.8, 4) is 0 Å². The average Bonchev–Trinajstić information content (AvgIpc) is 3.41. The minimum atomic E-state index is -1.83. The van der Waals surface area contributed by atoms with Crippen molar-refractivity contribution in [2.75, 3.05) is 39.6 Å². The van der Waals surface area contributed by atoms with Crippen molar-refractivity contribution in [3.05, 3.63) is 0 Å². The monoisotopic (exact) mass is 1110 g/mol. The molecule has 0 aromatic carbocycles. The Balaban J connectivity index is 0.991. The van der Waals surface area contributed by atoms with Crippen LogP contribution in [0.1, 0.15) is 51.4 Å². The van der Waals surface area contributed by atoms with Crippen molar-refractivity contribution in [1.29, 1.82) is 0 Å². The second-order valence-corrected chi connectivity index (χ2v) is 20.7. The van der Waals surface area contributed by atoms with Crippen LogP contribution in [0.3, 0.4) is 0 Å². The third kappa shape index (κ3) is 13.3. The zero-order valence-corrected chi connectivity index (χ0v) is 41.8. The maximum Gasteiger partial charge on any atom is 0.176 e. The molecule has 0 aromatic heterocycles. The number of aliphatic hydroxyl groups is 16. The van der Waals surface area contributed by atoms with Gasteiger partial charge in [-0.1, -0.05) is 38.5 Å². The molecule has 6 aliphatic heterocycles. The summed E-state index contributed by atoms with van der Waals surface area (Å²) in [5.41, 5.74) is 32.9. The predicted octanol–water partition coefficient (Wildman–Crippen LogP) is -12.5. The van der Waals surface area contributed by atoms with Crippen LogP contribution in [-0.4, -0.2) is 304 Å². The highest BCUT2D eigenvalue weighted by Gasteiger charge is 2.58. The van der Waals surface area contributed by atoms with Crippen LogP contribution in [0.2, 0.25) is 0 Å². The summed E-state index contributed by atoms with van der Waals surface area (Å²) < 4.78 is 57.8. The normalized spacial score (nSPS) is 50.4. The number of hydrogen-bond donors (Lipinski definition) is 22. The lowest BCUT2D eigenvalue weighted by Gasteiger charge is -2.51. The van der Waals surface area contributed by atoms with Crippen LogP contribution in [0.5, 0.6) is 0 Å². The SMILES string of the molecule is N[C@H]1[C@@H](OC2[C@@H](CO)O[C@@H](OC3[C@@H](CO)O[C@@H](O)[C@H](N)[C@H]3O)[C@H](N)[C@H]2O)O[C@@](CO)(CCCCCCCC[C@]2(CO)O[C@H](OC3[C@@H](CO)O[C@@H](OC4[C@@H](CO)O[C@@H](O)[C@H](N)[C@H]4O)[C@H](N)[C@H]3O)[C@H](N)[C@@H](O)[C@@H]2O)[C@@H](O)[C@@H]1O. The van der Waals surface area contributed by atoms with Crippen molar-refractivity contribution in [2.24, 2.45) is 34.4 Å². The summed E-state index contributed by atoms with van der Waals surface area (Å²) in [6.07, 6.45) is -31.5. The van der Waals surface area contributed by atoms with Crippen molar-refractivity contribution in [1.82, 2.24) is 0 Å². The van der Waals surface area contributed by atoms with Gasteiger partial charge in [-0.3, -0.25) is 0 Å². The molecule has 32 heteroatoms. The Morgan fingerprint density at radius 3 is 0.895 bits per heavy atom. The molecule has 30 atom stereocenters. The second kappa shape index (κ2) is 27.7. The summed E-state index contributed by atoms with van der Waals surface area (Å²) in [4.78, 5) is 0. The van der Waals surface area contributed by atoms with Crippen LogP contribution in [0.4, 0.5) is 0 Å². The third-order valence-electron chi connectivity index (χ3n) is 15.6. The van der Waals surface area contributed by atoms with Gasteiger partial charge < -0.3 is 163 Å². The molecule has 6 fully saturated rings. The highest BCUT2D eigenvalue weighted by Crippen LogP contribution is 2.39. The largest absolute Gasteiger partial charge is 0.394 e. The Hall–Kier alpha value is -1.28. The Labute approximate surface area is 436 Å². The molecule has 0 aliphatic carbocycles. The third-order valence-corrected chi connectivity index (χ3v) is 15.6. The van der Waals surface area contributed by atoms with E-state index >= 15 is 0 Å². The zero-order valence-electron chi connectivity index (χ0n) is 41.8. The van der Waals surface area contributed by atoms with Gasteiger partial charge in [0.15, 0.2) is 37.7 Å². The molecular formula is C44H84N6O26. The number of ether oxygens (including phenoxy) is 10. The lowest BCUT2D eigenvalue weighted by atomic mass is 9.82. The molecule has 6 rings (SSSR count). The Kier molecular flexibility index (Phi) is 23.3. The molecule has 0 spiro atoms. The fraction of sp³-hybridized carbons (Fsp3) is 1.00. The van der Waals surface area contributed by atoms with Gasteiger partial charge in [0.2, 0.25) is 0 Å². The van der Waals surface area contributed by atoms with Gasteiger partial charge in [0, 0.05) is 0 Å². The molecule has 446 valence electrons. The van der Waals surface area contributed by atoms with Crippen LogP contribution < -0.4 is 34.4 Å². The summed E-state index contributed by atoms with van der Waals surface area (Å²) in [7, 11) is 0. The lowest BCUT2D eigenvalue weighted by Crippen LogP contribution is -2.71. The van der Waals surface area contributed by atoms with E-state index in [0.717, 1.165) is 0 Å². The fourth-order valence-corrected chi connectivity index (χ4v) is 10.7. The summed E-state index contributed by atoms with van der Waals surface area (Å²) in [5, 5.41) is 170. The number of rotatable bonds is 23. The Morgan fingerprint density at radius 1 is 0.329 bits per heavy atom. The molecule has 6 saturated heterocycles. The van der Waals surface area contributed by atoms with Gasteiger partial charge in [0.05, 0.1) is 75.9 Å². The highest BCUT2D eigenvalue weighted by molar-refractivity contribution is 5.05. The van der Waals surface area contributed by atoms with Crippen molar-refractivity contribution < 1.29 is 129 Å². The first-order chi connectivity index (χ1) is 36.0. The van der Waals surface area contributed by atoms with E-state index in [-0.39, 0.29) is 12.8 Å². The van der Waals surface area contributed by atoms with E-state index in [0.29, 0.717) is 38.5 Å². The fourth-order valence-electron chi connectivity index (χ4n) is 10.7. The molecule has 28 N–H and O–H groups in total. The van der Waals surface area contributed by atoms with Crippen LogP contribution in [0, 0.1) is 0 Å². The molecular weight excluding hydrogens is 1030 g/mol. The van der Waals surface area contributed by atoms with E-state index in [2.05, 4.69) is 0 Å². The molecule has 6 heterocycles. The average molecular weight is 1110 g/mol. The maximum atomic E-state index is 11.3. The molecule has 4 unspecified atom stereocenters. The molecule has 0 radical (unpaired) electrons. The summed E-state index contributed by atoms with van der Waals surface area (Å²) >= 11 is 0. The topological polar surface area (TPSA) is 572 Å². The van der Waals surface area contributed by atoms with Gasteiger partial charge >= 0.3 is 0 Å². The van der Waals surface area contributed by atoms with Crippen molar-refractivity contribution in [2.45, 2.75) is 234 Å². The Morgan fingerprint density at radius 2 is 0.592 bits per heavy atom. The molecule has 6 aliphatic rings. The van der Waals surface area contributed by atoms with Gasteiger partial charge in [-0.15, -0.1) is 0 Å². The number of nitrogens with two attached hydrogens (primary N) is 6. The van der Waals surface area contributed by atoms with Gasteiger partial charge in [0.1, 0.15) is 109 Å². The maximum absolute atomic E-state index is 11.3. The minimum Gasteiger partial charge on any atom is -0.394 e. The predicted molar refractivity (Wildman–Crippen MR) is 249 cm³/mol. The van der Waals surface area contributed by atoms with E-state index in [1.165, 1.54) is 0 Å². The molecule has 0 aromatic rings. The molecule has 0 bridgehead atoms. The van der Waals surface area contributed by atoms with Crippen LogP contribution >= 0.6 is 0 Å². The number of hydrogen-bond acceptors (Lipinski definition) is 32. The van der Waals surface area contributed by atoms with E-state index < -0.39 is 222 Å². The quantitative estimate of drug-likeness (QED) is 0.0423. The molecule has 0 amide bonds. The Bertz CT molecular complexity index is 1630. The smallest absolute Gasteiger partial charge is 0.176 e. The van der Waals surface area contributed by atoms with Crippen LogP contribution in [-0.2, 0) is 47.4 Å². The number of aliphatic hydroxyl groups excluding tert-OH is 16. The highest BCUT2D eigenvalue weighted by atomic mass is 16.8. The first-order valence-corrected chi connectivity index (χ1v) is 25.6. The molecule has 76 heavy (non-hydrogen) atoms. The summed E-state index contributed by atoms with van der Waals surface area (Å²) in [5.74, 6) is 0. The van der Waals surface area contributed by atoms with Crippen LogP contribution in [0.25, 0.3) is 0 Å².